The second kappa shape index (κ2) is 7.80. The normalized spacial score (nSPS) is 16.5. The van der Waals surface area contributed by atoms with Gasteiger partial charge in [0.25, 0.3) is 0 Å². The van der Waals surface area contributed by atoms with Gasteiger partial charge in [-0.1, -0.05) is 17.7 Å². The van der Waals surface area contributed by atoms with Crippen molar-refractivity contribution in [2.45, 2.75) is 38.0 Å². The van der Waals surface area contributed by atoms with Gasteiger partial charge in [-0.05, 0) is 43.6 Å². The van der Waals surface area contributed by atoms with Crippen LogP contribution < -0.4 is 0 Å². The lowest BCUT2D eigenvalue weighted by Gasteiger charge is -2.31. The number of halogens is 4. The number of aromatic amines is 1. The van der Waals surface area contributed by atoms with E-state index in [1.54, 1.807) is 12.4 Å². The monoisotopic (exact) mass is 448 g/mol. The van der Waals surface area contributed by atoms with Gasteiger partial charge in [0.2, 0.25) is 0 Å². The average Bonchev–Trinajstić information content (AvgIpc) is 3.36. The van der Waals surface area contributed by atoms with Gasteiger partial charge < -0.3 is 9.55 Å². The molecule has 1 aromatic carbocycles. The summed E-state index contributed by atoms with van der Waals surface area (Å²) in [4.78, 5) is 17.8. The molecule has 6 nitrogen and oxygen atoms in total. The number of fused-ring (bicyclic) bond motifs is 3. The van der Waals surface area contributed by atoms with E-state index < -0.39 is 12.7 Å². The van der Waals surface area contributed by atoms with Crippen molar-refractivity contribution in [1.29, 1.82) is 0 Å². The molecule has 1 fully saturated rings. The van der Waals surface area contributed by atoms with E-state index >= 15 is 0 Å². The second-order valence-electron chi connectivity index (χ2n) is 7.97. The molecule has 162 valence electrons. The van der Waals surface area contributed by atoms with Crippen LogP contribution in [-0.4, -0.2) is 48.7 Å². The summed E-state index contributed by atoms with van der Waals surface area (Å²) in [6, 6.07) is 5.54. The molecule has 0 amide bonds. The van der Waals surface area contributed by atoms with Gasteiger partial charge in [-0.2, -0.15) is 13.2 Å². The number of aromatic nitrogens is 5. The van der Waals surface area contributed by atoms with Gasteiger partial charge in [-0.25, -0.2) is 15.0 Å². The van der Waals surface area contributed by atoms with Crippen LogP contribution in [0, 0.1) is 0 Å². The van der Waals surface area contributed by atoms with Crippen LogP contribution in [0.1, 0.15) is 30.0 Å². The number of piperidine rings is 1. The molecule has 4 aromatic rings. The van der Waals surface area contributed by atoms with Gasteiger partial charge in [0.15, 0.2) is 5.15 Å². The molecule has 3 aromatic heterocycles. The highest BCUT2D eigenvalue weighted by atomic mass is 35.5. The highest BCUT2D eigenvalue weighted by Crippen LogP contribution is 2.34. The Kier molecular flexibility index (Phi) is 5.10. The third-order valence-electron chi connectivity index (χ3n) is 5.94. The number of nitrogens with one attached hydrogen (secondary N) is 1. The maximum absolute atomic E-state index is 13.2. The molecule has 1 saturated heterocycles. The van der Waals surface area contributed by atoms with E-state index in [2.05, 4.69) is 24.8 Å². The fraction of sp³-hybridized carbons (Fsp3) is 0.381. The fourth-order valence-electron chi connectivity index (χ4n) is 4.51. The number of hydrogen-bond donors (Lipinski definition) is 1. The summed E-state index contributed by atoms with van der Waals surface area (Å²) in [6.45, 7) is 1.49. The van der Waals surface area contributed by atoms with Gasteiger partial charge in [0, 0.05) is 29.7 Å². The molecule has 0 saturated carbocycles. The molecule has 1 aliphatic heterocycles. The van der Waals surface area contributed by atoms with Crippen molar-refractivity contribution in [2.24, 2.45) is 0 Å². The molecular formula is C21H20ClF3N6. The highest BCUT2D eigenvalue weighted by Gasteiger charge is 2.31. The van der Waals surface area contributed by atoms with E-state index in [0.29, 0.717) is 22.3 Å². The zero-order valence-corrected chi connectivity index (χ0v) is 17.3. The molecule has 0 bridgehead atoms. The lowest BCUT2D eigenvalue weighted by Crippen LogP contribution is -2.32. The predicted octanol–water partition coefficient (Wildman–Crippen LogP) is 4.90. The van der Waals surface area contributed by atoms with E-state index in [1.807, 2.05) is 18.3 Å². The summed E-state index contributed by atoms with van der Waals surface area (Å²) in [5, 5.41) is 0.682. The third-order valence-corrected chi connectivity index (χ3v) is 6.22. The number of alkyl halides is 3. The molecule has 5 rings (SSSR count). The zero-order valence-electron chi connectivity index (χ0n) is 16.5. The smallest absolute Gasteiger partial charge is 0.348 e. The molecule has 4 heterocycles. The van der Waals surface area contributed by atoms with Crippen LogP contribution in [0.3, 0.4) is 0 Å². The topological polar surface area (TPSA) is 62.6 Å². The van der Waals surface area contributed by atoms with Crippen molar-refractivity contribution in [3.8, 4) is 0 Å². The van der Waals surface area contributed by atoms with E-state index in [-0.39, 0.29) is 10.7 Å². The molecule has 0 aliphatic carbocycles. The first kappa shape index (κ1) is 20.3. The lowest BCUT2D eigenvalue weighted by molar-refractivity contribution is -0.139. The van der Waals surface area contributed by atoms with Crippen LogP contribution in [0.4, 0.5) is 13.2 Å². The Morgan fingerprint density at radius 2 is 1.97 bits per heavy atom. The summed E-state index contributed by atoms with van der Waals surface area (Å²) in [5.41, 5.74) is 3.33. The van der Waals surface area contributed by atoms with Crippen molar-refractivity contribution < 1.29 is 13.2 Å². The summed E-state index contributed by atoms with van der Waals surface area (Å²) in [6.07, 6.45) is 2.58. The number of hydrogen-bond acceptors (Lipinski definition) is 4. The van der Waals surface area contributed by atoms with Gasteiger partial charge in [-0.15, -0.1) is 0 Å². The first-order chi connectivity index (χ1) is 14.9. The molecule has 10 heteroatoms. The largest absolute Gasteiger partial charge is 0.406 e. The van der Waals surface area contributed by atoms with Crippen LogP contribution in [0.2, 0.25) is 5.15 Å². The van der Waals surface area contributed by atoms with Crippen molar-refractivity contribution in [2.75, 3.05) is 13.1 Å². The number of imidazole rings is 1. The van der Waals surface area contributed by atoms with Crippen molar-refractivity contribution in [3.05, 3.63) is 53.5 Å². The van der Waals surface area contributed by atoms with Gasteiger partial charge in [-0.3, -0.25) is 4.90 Å². The summed E-state index contributed by atoms with van der Waals surface area (Å²) in [5.74, 6) is 0.486. The molecule has 1 aliphatic rings. The fourth-order valence-corrected chi connectivity index (χ4v) is 4.75. The number of likely N-dealkylation sites (tertiary alicyclic amines) is 1. The average molecular weight is 449 g/mol. The van der Waals surface area contributed by atoms with Crippen LogP contribution in [0.15, 0.2) is 37.1 Å². The molecule has 0 atom stereocenters. The van der Waals surface area contributed by atoms with Crippen LogP contribution in [0.25, 0.3) is 21.9 Å². The lowest BCUT2D eigenvalue weighted by atomic mass is 9.94. The highest BCUT2D eigenvalue weighted by molar-refractivity contribution is 6.34. The van der Waals surface area contributed by atoms with E-state index in [4.69, 9.17) is 11.6 Å². The number of benzene rings is 1. The third kappa shape index (κ3) is 3.99. The Morgan fingerprint density at radius 3 is 2.68 bits per heavy atom. The maximum Gasteiger partial charge on any atom is 0.406 e. The minimum Gasteiger partial charge on any atom is -0.348 e. The quantitative estimate of drug-likeness (QED) is 0.451. The molecule has 0 unspecified atom stereocenters. The summed E-state index contributed by atoms with van der Waals surface area (Å²) >= 11 is 6.16. The molecular weight excluding hydrogens is 429 g/mol. The molecule has 1 N–H and O–H groups in total. The second-order valence-corrected chi connectivity index (χ2v) is 8.33. The van der Waals surface area contributed by atoms with Crippen molar-refractivity contribution in [1.82, 2.24) is 29.4 Å². The first-order valence-electron chi connectivity index (χ1n) is 10.1. The van der Waals surface area contributed by atoms with Crippen LogP contribution >= 0.6 is 11.6 Å². The Labute approximate surface area is 181 Å². The van der Waals surface area contributed by atoms with E-state index in [9.17, 15) is 13.2 Å². The Balaban J connectivity index is 1.43. The maximum atomic E-state index is 13.2. The van der Waals surface area contributed by atoms with Crippen molar-refractivity contribution >= 4 is 33.5 Å². The Bertz CT molecular complexity index is 1210. The minimum absolute atomic E-state index is 0.0212. The number of rotatable bonds is 4. The predicted molar refractivity (Wildman–Crippen MR) is 112 cm³/mol. The van der Waals surface area contributed by atoms with Gasteiger partial charge >= 0.3 is 6.18 Å². The standard InChI is InChI=1S/C21H20ClF3N6/c22-20-19-18(28-12-29-20)15-7-13(1-2-17(15)31(19)10-21(23,24)25)9-30-5-3-14(4-6-30)16-8-26-11-27-16/h1-2,7-8,11-12,14H,3-6,9-10H2,(H,26,27). The summed E-state index contributed by atoms with van der Waals surface area (Å²) < 4.78 is 40.8. The minimum atomic E-state index is -4.38. The molecule has 31 heavy (non-hydrogen) atoms. The molecule has 0 radical (unpaired) electrons. The first-order valence-corrected chi connectivity index (χ1v) is 10.5. The van der Waals surface area contributed by atoms with Gasteiger partial charge in [0.05, 0.1) is 11.8 Å². The molecule has 0 spiro atoms. The van der Waals surface area contributed by atoms with E-state index in [1.165, 1.54) is 12.0 Å². The van der Waals surface area contributed by atoms with Crippen LogP contribution in [-0.2, 0) is 13.1 Å². The summed E-state index contributed by atoms with van der Waals surface area (Å²) in [7, 11) is 0. The van der Waals surface area contributed by atoms with Crippen LogP contribution in [0.5, 0.6) is 0 Å². The van der Waals surface area contributed by atoms with Gasteiger partial charge in [0.1, 0.15) is 23.9 Å². The Hall–Kier alpha value is -2.65. The SMILES string of the molecule is FC(F)(F)Cn1c2ccc(CN3CCC(c4cnc[nH]4)CC3)cc2c2ncnc(Cl)c21. The van der Waals surface area contributed by atoms with E-state index in [0.717, 1.165) is 42.6 Å². The Morgan fingerprint density at radius 1 is 1.16 bits per heavy atom. The zero-order chi connectivity index (χ0) is 21.6. The van der Waals surface area contributed by atoms with Crippen molar-refractivity contribution in [3.63, 3.8) is 0 Å². The number of H-pyrrole nitrogens is 1. The number of nitrogens with zero attached hydrogens (tertiary/aromatic N) is 5.